The van der Waals surface area contributed by atoms with Gasteiger partial charge in [0.1, 0.15) is 5.75 Å². The summed E-state index contributed by atoms with van der Waals surface area (Å²) in [6.07, 6.45) is 1.81. The number of ether oxygens (including phenoxy) is 1. The molecular formula is C15H24O2. The number of aliphatic hydroxyl groups is 1. The number of hydrogen-bond acceptors (Lipinski definition) is 2. The number of aryl methyl sites for hydroxylation is 1. The highest BCUT2D eigenvalue weighted by Gasteiger charge is 2.18. The van der Waals surface area contributed by atoms with Crippen LogP contribution in [0.2, 0.25) is 0 Å². The van der Waals surface area contributed by atoms with Gasteiger partial charge in [-0.05, 0) is 49.3 Å². The first-order valence-electron chi connectivity index (χ1n) is 6.35. The summed E-state index contributed by atoms with van der Waals surface area (Å²) in [5.41, 5.74) is 1.30. The van der Waals surface area contributed by atoms with Crippen LogP contribution in [-0.4, -0.2) is 18.3 Å². The minimum absolute atomic E-state index is 0.228. The van der Waals surface area contributed by atoms with E-state index < -0.39 is 0 Å². The van der Waals surface area contributed by atoms with Crippen LogP contribution in [0.1, 0.15) is 32.8 Å². The van der Waals surface area contributed by atoms with Crippen LogP contribution in [0.4, 0.5) is 0 Å². The number of aliphatic hydroxyl groups excluding tert-OH is 1. The molecule has 0 aromatic heterocycles. The van der Waals surface area contributed by atoms with Gasteiger partial charge < -0.3 is 9.84 Å². The van der Waals surface area contributed by atoms with Crippen LogP contribution in [-0.2, 0) is 6.42 Å². The number of hydrogen-bond donors (Lipinski definition) is 1. The van der Waals surface area contributed by atoms with E-state index in [1.165, 1.54) is 5.56 Å². The Balaban J connectivity index is 2.53. The van der Waals surface area contributed by atoms with E-state index in [-0.39, 0.29) is 6.10 Å². The summed E-state index contributed by atoms with van der Waals surface area (Å²) in [6.45, 7) is 6.23. The predicted octanol–water partition coefficient (Wildman–Crippen LogP) is 3.28. The SMILES string of the molecule is COc1ccc(CCC(C(C)C)C(C)O)cc1. The van der Waals surface area contributed by atoms with Crippen molar-refractivity contribution < 1.29 is 9.84 Å². The lowest BCUT2D eigenvalue weighted by molar-refractivity contribution is 0.0921. The fourth-order valence-electron chi connectivity index (χ4n) is 2.26. The highest BCUT2D eigenvalue weighted by Crippen LogP contribution is 2.22. The normalized spacial score (nSPS) is 14.7. The summed E-state index contributed by atoms with van der Waals surface area (Å²) in [5.74, 6) is 1.79. The van der Waals surface area contributed by atoms with E-state index in [0.29, 0.717) is 11.8 Å². The highest BCUT2D eigenvalue weighted by atomic mass is 16.5. The molecule has 0 aliphatic rings. The summed E-state index contributed by atoms with van der Waals surface area (Å²) >= 11 is 0. The van der Waals surface area contributed by atoms with Gasteiger partial charge in [-0.1, -0.05) is 26.0 Å². The number of rotatable bonds is 6. The van der Waals surface area contributed by atoms with E-state index in [9.17, 15) is 5.11 Å². The molecule has 0 aliphatic heterocycles. The van der Waals surface area contributed by atoms with Crippen LogP contribution < -0.4 is 4.74 Å². The molecule has 1 aromatic rings. The number of benzene rings is 1. The van der Waals surface area contributed by atoms with Crippen molar-refractivity contribution in [1.82, 2.24) is 0 Å². The molecule has 2 atom stereocenters. The molecule has 2 heteroatoms. The van der Waals surface area contributed by atoms with Gasteiger partial charge in [-0.25, -0.2) is 0 Å². The zero-order valence-corrected chi connectivity index (χ0v) is 11.3. The van der Waals surface area contributed by atoms with Crippen molar-refractivity contribution in [3.05, 3.63) is 29.8 Å². The lowest BCUT2D eigenvalue weighted by atomic mass is 9.86. The maximum Gasteiger partial charge on any atom is 0.118 e. The second-order valence-corrected chi connectivity index (χ2v) is 5.04. The molecule has 0 fully saturated rings. The maximum atomic E-state index is 9.72. The van der Waals surface area contributed by atoms with Crippen molar-refractivity contribution in [1.29, 1.82) is 0 Å². The standard InChI is InChI=1S/C15H24O2/c1-11(2)15(12(3)16)10-7-13-5-8-14(17-4)9-6-13/h5-6,8-9,11-12,15-16H,7,10H2,1-4H3. The average molecular weight is 236 g/mol. The summed E-state index contributed by atoms with van der Waals surface area (Å²) in [6, 6.07) is 8.17. The van der Waals surface area contributed by atoms with Crippen LogP contribution >= 0.6 is 0 Å². The fourth-order valence-corrected chi connectivity index (χ4v) is 2.26. The molecule has 0 radical (unpaired) electrons. The van der Waals surface area contributed by atoms with Crippen LogP contribution in [0.3, 0.4) is 0 Å². The zero-order chi connectivity index (χ0) is 12.8. The molecular weight excluding hydrogens is 212 g/mol. The third-order valence-corrected chi connectivity index (χ3v) is 3.40. The molecule has 0 amide bonds. The molecule has 2 nitrogen and oxygen atoms in total. The molecule has 96 valence electrons. The third kappa shape index (κ3) is 4.39. The van der Waals surface area contributed by atoms with Gasteiger partial charge in [0.15, 0.2) is 0 Å². The van der Waals surface area contributed by atoms with Gasteiger partial charge in [-0.2, -0.15) is 0 Å². The van der Waals surface area contributed by atoms with E-state index in [1.54, 1.807) is 7.11 Å². The van der Waals surface area contributed by atoms with Gasteiger partial charge in [-0.3, -0.25) is 0 Å². The summed E-state index contributed by atoms with van der Waals surface area (Å²) in [5, 5.41) is 9.72. The molecule has 1 N–H and O–H groups in total. The summed E-state index contributed by atoms with van der Waals surface area (Å²) < 4.78 is 5.13. The third-order valence-electron chi connectivity index (χ3n) is 3.40. The van der Waals surface area contributed by atoms with Gasteiger partial charge in [-0.15, -0.1) is 0 Å². The van der Waals surface area contributed by atoms with Crippen molar-refractivity contribution >= 4 is 0 Å². The van der Waals surface area contributed by atoms with Crippen LogP contribution in [0, 0.1) is 11.8 Å². The first-order valence-corrected chi connectivity index (χ1v) is 6.35. The first kappa shape index (κ1) is 14.0. The van der Waals surface area contributed by atoms with E-state index in [1.807, 2.05) is 19.1 Å². The van der Waals surface area contributed by atoms with Gasteiger partial charge in [0.2, 0.25) is 0 Å². The Bertz CT molecular complexity index is 306. The zero-order valence-electron chi connectivity index (χ0n) is 11.3. The van der Waals surface area contributed by atoms with E-state index >= 15 is 0 Å². The van der Waals surface area contributed by atoms with Crippen LogP contribution in [0.15, 0.2) is 24.3 Å². The Labute approximate surface area is 105 Å². The van der Waals surface area contributed by atoms with Crippen molar-refractivity contribution in [3.8, 4) is 5.75 Å². The molecule has 0 saturated heterocycles. The van der Waals surface area contributed by atoms with Gasteiger partial charge >= 0.3 is 0 Å². The Hall–Kier alpha value is -1.02. The molecule has 0 heterocycles. The minimum Gasteiger partial charge on any atom is -0.497 e. The molecule has 0 saturated carbocycles. The largest absolute Gasteiger partial charge is 0.497 e. The van der Waals surface area contributed by atoms with Crippen molar-refractivity contribution in [2.75, 3.05) is 7.11 Å². The second-order valence-electron chi connectivity index (χ2n) is 5.04. The monoisotopic (exact) mass is 236 g/mol. The number of methoxy groups -OCH3 is 1. The lowest BCUT2D eigenvalue weighted by Crippen LogP contribution is -2.22. The Morgan fingerprint density at radius 1 is 1.12 bits per heavy atom. The van der Waals surface area contributed by atoms with Gasteiger partial charge in [0.25, 0.3) is 0 Å². The molecule has 2 unspecified atom stereocenters. The smallest absolute Gasteiger partial charge is 0.118 e. The lowest BCUT2D eigenvalue weighted by Gasteiger charge is -2.23. The average Bonchev–Trinajstić information content (AvgIpc) is 2.29. The van der Waals surface area contributed by atoms with E-state index in [2.05, 4.69) is 26.0 Å². The Kier molecular flexibility index (Phi) is 5.49. The van der Waals surface area contributed by atoms with Crippen LogP contribution in [0.25, 0.3) is 0 Å². The second kappa shape index (κ2) is 6.65. The maximum absolute atomic E-state index is 9.72. The molecule has 0 aliphatic carbocycles. The highest BCUT2D eigenvalue weighted by molar-refractivity contribution is 5.27. The Morgan fingerprint density at radius 3 is 2.12 bits per heavy atom. The quantitative estimate of drug-likeness (QED) is 0.821. The van der Waals surface area contributed by atoms with Crippen molar-refractivity contribution in [2.24, 2.45) is 11.8 Å². The van der Waals surface area contributed by atoms with E-state index in [4.69, 9.17) is 4.74 Å². The van der Waals surface area contributed by atoms with E-state index in [0.717, 1.165) is 18.6 Å². The predicted molar refractivity (Wildman–Crippen MR) is 71.3 cm³/mol. The van der Waals surface area contributed by atoms with Gasteiger partial charge in [0.05, 0.1) is 13.2 Å². The minimum atomic E-state index is -0.228. The molecule has 0 spiro atoms. The molecule has 1 aromatic carbocycles. The Morgan fingerprint density at radius 2 is 1.71 bits per heavy atom. The fraction of sp³-hybridized carbons (Fsp3) is 0.600. The molecule has 1 rings (SSSR count). The molecule has 0 bridgehead atoms. The topological polar surface area (TPSA) is 29.5 Å². The van der Waals surface area contributed by atoms with Gasteiger partial charge in [0, 0.05) is 0 Å². The summed E-state index contributed by atoms with van der Waals surface area (Å²) in [4.78, 5) is 0. The van der Waals surface area contributed by atoms with Crippen molar-refractivity contribution in [2.45, 2.75) is 39.7 Å². The van der Waals surface area contributed by atoms with Crippen LogP contribution in [0.5, 0.6) is 5.75 Å². The molecule has 17 heavy (non-hydrogen) atoms. The summed E-state index contributed by atoms with van der Waals surface area (Å²) in [7, 11) is 1.68. The van der Waals surface area contributed by atoms with Crippen molar-refractivity contribution in [3.63, 3.8) is 0 Å². The first-order chi connectivity index (χ1) is 8.04.